The number of pyridine rings is 1. The number of hydrogen-bond acceptors (Lipinski definition) is 4. The largest absolute Gasteiger partial charge is 0.307 e. The molecule has 5 heteroatoms. The number of amides is 1. The summed E-state index contributed by atoms with van der Waals surface area (Å²) in [5.41, 5.74) is 4.07. The maximum absolute atomic E-state index is 11.9. The van der Waals surface area contributed by atoms with Crippen LogP contribution in [-0.2, 0) is 11.3 Å². The number of nitrogens with one attached hydrogen (secondary N) is 1. The lowest BCUT2D eigenvalue weighted by Crippen LogP contribution is -2.32. The highest BCUT2D eigenvalue weighted by Gasteiger charge is 2.15. The van der Waals surface area contributed by atoms with Crippen molar-refractivity contribution in [2.45, 2.75) is 13.0 Å². The van der Waals surface area contributed by atoms with Gasteiger partial charge in [-0.3, -0.25) is 14.5 Å². The first-order valence-corrected chi connectivity index (χ1v) is 8.79. The molecule has 1 amide bonds. The predicted octanol–water partition coefficient (Wildman–Crippen LogP) is 3.41. The van der Waals surface area contributed by atoms with E-state index in [9.17, 15) is 4.79 Å². The van der Waals surface area contributed by atoms with Gasteiger partial charge in [-0.2, -0.15) is 0 Å². The van der Waals surface area contributed by atoms with E-state index in [0.29, 0.717) is 6.54 Å². The average Bonchev–Trinajstić information content (AvgIpc) is 2.61. The molecule has 0 atom stereocenters. The molecule has 0 spiro atoms. The molecular weight excluding hydrogens is 306 g/mol. The van der Waals surface area contributed by atoms with Gasteiger partial charge in [0.2, 0.25) is 0 Å². The quantitative estimate of drug-likeness (QED) is 0.856. The van der Waals surface area contributed by atoms with E-state index < -0.39 is 0 Å². The van der Waals surface area contributed by atoms with Crippen molar-refractivity contribution < 1.29 is 4.79 Å². The third kappa shape index (κ3) is 3.81. The van der Waals surface area contributed by atoms with E-state index in [1.54, 1.807) is 29.1 Å². The molecule has 0 fully saturated rings. The van der Waals surface area contributed by atoms with Crippen LogP contribution in [0.4, 0.5) is 5.69 Å². The Morgan fingerprint density at radius 1 is 1.30 bits per heavy atom. The van der Waals surface area contributed by atoms with Crippen molar-refractivity contribution in [3.8, 4) is 11.3 Å². The number of rotatable bonds is 5. The monoisotopic (exact) mass is 325 g/mol. The summed E-state index contributed by atoms with van der Waals surface area (Å²) in [6.45, 7) is 1.54. The predicted molar refractivity (Wildman–Crippen MR) is 96.1 cm³/mol. The molecule has 0 bridgehead atoms. The van der Waals surface area contributed by atoms with Crippen LogP contribution in [0.2, 0.25) is 0 Å². The number of anilines is 1. The first-order valence-electron chi connectivity index (χ1n) is 7.57. The van der Waals surface area contributed by atoms with Crippen LogP contribution >= 0.6 is 11.9 Å². The molecule has 1 aromatic heterocycles. The standard InChI is InChI=1S/C18H19N3OS/c1-23-20-12-14-5-4-6-15(11-14)17-9-8-16(13-19-17)21-10-3-2-7-18(21)22/h2,4-9,11,13,20H,3,10,12H2,1H3. The highest BCUT2D eigenvalue weighted by atomic mass is 32.2. The van der Waals surface area contributed by atoms with Crippen molar-refractivity contribution >= 4 is 23.5 Å². The summed E-state index contributed by atoms with van der Waals surface area (Å²) in [6.07, 6.45) is 8.22. The van der Waals surface area contributed by atoms with E-state index in [0.717, 1.165) is 29.9 Å². The van der Waals surface area contributed by atoms with Crippen molar-refractivity contribution in [3.05, 3.63) is 60.3 Å². The molecule has 1 aliphatic rings. The molecule has 2 aromatic rings. The Kier molecular flexibility index (Phi) is 5.10. The van der Waals surface area contributed by atoms with Crippen molar-refractivity contribution in [3.63, 3.8) is 0 Å². The van der Waals surface area contributed by atoms with Gasteiger partial charge in [-0.25, -0.2) is 0 Å². The van der Waals surface area contributed by atoms with Crippen LogP contribution in [0.15, 0.2) is 54.7 Å². The fourth-order valence-electron chi connectivity index (χ4n) is 2.56. The maximum Gasteiger partial charge on any atom is 0.250 e. The number of aromatic nitrogens is 1. The smallest absolute Gasteiger partial charge is 0.250 e. The Bertz CT molecular complexity index is 712. The Balaban J connectivity index is 1.79. The van der Waals surface area contributed by atoms with Crippen molar-refractivity contribution in [2.75, 3.05) is 17.7 Å². The third-order valence-corrected chi connectivity index (χ3v) is 4.18. The summed E-state index contributed by atoms with van der Waals surface area (Å²) >= 11 is 1.61. The van der Waals surface area contributed by atoms with Crippen molar-refractivity contribution in [1.82, 2.24) is 9.71 Å². The summed E-state index contributed by atoms with van der Waals surface area (Å²) in [5.74, 6) is 0.0240. The number of nitrogens with zero attached hydrogens (tertiary/aromatic N) is 2. The lowest BCUT2D eigenvalue weighted by atomic mass is 10.1. The summed E-state index contributed by atoms with van der Waals surface area (Å²) in [7, 11) is 0. The second kappa shape index (κ2) is 7.44. The molecule has 2 heterocycles. The van der Waals surface area contributed by atoms with Crippen LogP contribution in [0.3, 0.4) is 0 Å². The van der Waals surface area contributed by atoms with Gasteiger partial charge in [0.25, 0.3) is 5.91 Å². The van der Waals surface area contributed by atoms with Gasteiger partial charge in [0.1, 0.15) is 0 Å². The zero-order chi connectivity index (χ0) is 16.1. The molecule has 0 aliphatic carbocycles. The molecule has 23 heavy (non-hydrogen) atoms. The molecule has 0 saturated heterocycles. The second-order valence-electron chi connectivity index (χ2n) is 5.31. The summed E-state index contributed by atoms with van der Waals surface area (Å²) < 4.78 is 3.25. The molecule has 0 saturated carbocycles. The summed E-state index contributed by atoms with van der Waals surface area (Å²) in [4.78, 5) is 18.2. The molecule has 3 rings (SSSR count). The first-order chi connectivity index (χ1) is 11.3. The van der Waals surface area contributed by atoms with E-state index in [4.69, 9.17) is 0 Å². The molecule has 118 valence electrons. The number of hydrogen-bond donors (Lipinski definition) is 1. The summed E-state index contributed by atoms with van der Waals surface area (Å²) in [6, 6.07) is 12.3. The Hall–Kier alpha value is -2.11. The molecular formula is C18H19N3OS. The zero-order valence-corrected chi connectivity index (χ0v) is 13.8. The van der Waals surface area contributed by atoms with E-state index in [-0.39, 0.29) is 5.91 Å². The van der Waals surface area contributed by atoms with Crippen molar-refractivity contribution in [2.24, 2.45) is 0 Å². The Morgan fingerprint density at radius 3 is 2.96 bits per heavy atom. The third-order valence-electron chi connectivity index (χ3n) is 3.75. The van der Waals surface area contributed by atoms with Gasteiger partial charge in [0.05, 0.1) is 17.6 Å². The lowest BCUT2D eigenvalue weighted by Gasteiger charge is -2.23. The Morgan fingerprint density at radius 2 is 2.22 bits per heavy atom. The van der Waals surface area contributed by atoms with Crippen LogP contribution in [0.5, 0.6) is 0 Å². The molecule has 0 unspecified atom stereocenters. The topological polar surface area (TPSA) is 45.2 Å². The van der Waals surface area contributed by atoms with E-state index >= 15 is 0 Å². The van der Waals surface area contributed by atoms with Gasteiger partial charge < -0.3 is 4.90 Å². The first kappa shape index (κ1) is 15.8. The normalized spacial score (nSPS) is 14.3. The minimum Gasteiger partial charge on any atom is -0.307 e. The molecule has 4 nitrogen and oxygen atoms in total. The maximum atomic E-state index is 11.9. The van der Waals surface area contributed by atoms with Gasteiger partial charge in [0, 0.05) is 18.7 Å². The van der Waals surface area contributed by atoms with Gasteiger partial charge in [-0.05, 0) is 42.5 Å². The molecule has 1 aliphatic heterocycles. The number of carbonyl (C=O) groups excluding carboxylic acids is 1. The van der Waals surface area contributed by atoms with Gasteiger partial charge in [-0.15, -0.1) is 0 Å². The van der Waals surface area contributed by atoms with Crippen molar-refractivity contribution in [1.29, 1.82) is 0 Å². The fraction of sp³-hybridized carbons (Fsp3) is 0.222. The van der Waals surface area contributed by atoms with Gasteiger partial charge in [0.15, 0.2) is 0 Å². The van der Waals surface area contributed by atoms with Gasteiger partial charge >= 0.3 is 0 Å². The van der Waals surface area contributed by atoms with Crippen LogP contribution in [-0.4, -0.2) is 23.7 Å². The molecule has 0 radical (unpaired) electrons. The van der Waals surface area contributed by atoms with Gasteiger partial charge in [-0.1, -0.05) is 36.2 Å². The van der Waals surface area contributed by atoms with Crippen LogP contribution < -0.4 is 9.62 Å². The second-order valence-corrected chi connectivity index (χ2v) is 6.01. The minimum absolute atomic E-state index is 0.0240. The molecule has 1 aromatic carbocycles. The van der Waals surface area contributed by atoms with Crippen LogP contribution in [0.1, 0.15) is 12.0 Å². The van der Waals surface area contributed by atoms with Crippen LogP contribution in [0.25, 0.3) is 11.3 Å². The van der Waals surface area contributed by atoms with E-state index in [2.05, 4.69) is 27.9 Å². The number of carbonyl (C=O) groups is 1. The van der Waals surface area contributed by atoms with Crippen LogP contribution in [0, 0.1) is 0 Å². The van der Waals surface area contributed by atoms with E-state index in [1.807, 2.05) is 30.5 Å². The molecule has 1 N–H and O–H groups in total. The zero-order valence-electron chi connectivity index (χ0n) is 13.0. The Labute approximate surface area is 140 Å². The lowest BCUT2D eigenvalue weighted by molar-refractivity contribution is -0.114. The van der Waals surface area contributed by atoms with E-state index in [1.165, 1.54) is 5.56 Å². The SMILES string of the molecule is CSNCc1cccc(-c2ccc(N3CCC=CC3=O)cn2)c1. The fourth-order valence-corrected chi connectivity index (χ4v) is 2.87. The highest BCUT2D eigenvalue weighted by Crippen LogP contribution is 2.23. The summed E-state index contributed by atoms with van der Waals surface area (Å²) in [5, 5.41) is 0. The average molecular weight is 325 g/mol. The highest BCUT2D eigenvalue weighted by molar-refractivity contribution is 7.96. The minimum atomic E-state index is 0.0240. The number of benzene rings is 1.